The van der Waals surface area contributed by atoms with Crippen LogP contribution in [0.4, 0.5) is 4.79 Å². The third-order valence-corrected chi connectivity index (χ3v) is 2.83. The molecule has 0 bridgehead atoms. The van der Waals surface area contributed by atoms with Crippen molar-refractivity contribution in [1.82, 2.24) is 10.6 Å². The highest BCUT2D eigenvalue weighted by molar-refractivity contribution is 7.94. The Morgan fingerprint density at radius 2 is 2.23 bits per heavy atom. The molecule has 3 amide bonds. The molecule has 0 saturated heterocycles. The molecular formula is C6H8N2O4S. The first kappa shape index (κ1) is 9.72. The molecule has 0 aliphatic carbocycles. The molecule has 0 aromatic heterocycles. The molecule has 0 saturated carbocycles. The molecule has 0 aromatic carbocycles. The van der Waals surface area contributed by atoms with Gasteiger partial charge in [-0.1, -0.05) is 0 Å². The molecule has 0 radical (unpaired) electrons. The fourth-order valence-electron chi connectivity index (χ4n) is 0.929. The molecule has 1 rings (SSSR count). The second-order valence-electron chi connectivity index (χ2n) is 2.50. The van der Waals surface area contributed by atoms with Gasteiger partial charge < -0.3 is 5.32 Å². The van der Waals surface area contributed by atoms with Crippen LogP contribution >= 0.6 is 0 Å². The summed E-state index contributed by atoms with van der Waals surface area (Å²) in [6, 6.07) is -1.26. The Morgan fingerprint density at radius 1 is 1.54 bits per heavy atom. The van der Waals surface area contributed by atoms with E-state index in [-0.39, 0.29) is 12.2 Å². The van der Waals surface area contributed by atoms with Crippen LogP contribution in [0.3, 0.4) is 0 Å². The monoisotopic (exact) mass is 204 g/mol. The first-order chi connectivity index (χ1) is 6.03. The first-order valence-electron chi connectivity index (χ1n) is 3.45. The summed E-state index contributed by atoms with van der Waals surface area (Å²) in [5, 5.41) is 5.17. The Bertz CT molecular complexity index is 346. The molecule has 6 nitrogen and oxygen atoms in total. The number of rotatable bonds is 2. The second-order valence-corrected chi connectivity index (χ2v) is 4.43. The van der Waals surface area contributed by atoms with Gasteiger partial charge in [-0.3, -0.25) is 10.1 Å². The lowest BCUT2D eigenvalue weighted by Gasteiger charge is -2.07. The minimum Gasteiger partial charge on any atom is -0.331 e. The predicted octanol–water partition coefficient (Wildman–Crippen LogP) is -1.25. The Kier molecular flexibility index (Phi) is 2.66. The minimum absolute atomic E-state index is 0.153. The topological polar surface area (TPSA) is 92.3 Å². The van der Waals surface area contributed by atoms with Gasteiger partial charge in [0.15, 0.2) is 9.84 Å². The fourth-order valence-corrected chi connectivity index (χ4v) is 2.16. The van der Waals surface area contributed by atoms with Gasteiger partial charge in [0.25, 0.3) is 0 Å². The van der Waals surface area contributed by atoms with Crippen LogP contribution in [0.2, 0.25) is 0 Å². The molecule has 0 spiro atoms. The van der Waals surface area contributed by atoms with Crippen molar-refractivity contribution in [3.8, 4) is 0 Å². The van der Waals surface area contributed by atoms with E-state index >= 15 is 0 Å². The lowest BCUT2D eigenvalue weighted by molar-refractivity contribution is -0.108. The van der Waals surface area contributed by atoms with Crippen LogP contribution < -0.4 is 10.6 Å². The third kappa shape index (κ3) is 2.86. The van der Waals surface area contributed by atoms with Crippen LogP contribution in [0, 0.1) is 0 Å². The summed E-state index contributed by atoms with van der Waals surface area (Å²) in [6.07, 6.45) is 1.59. The summed E-state index contributed by atoms with van der Waals surface area (Å²) < 4.78 is 21.7. The molecule has 1 atom stereocenters. The van der Waals surface area contributed by atoms with Crippen molar-refractivity contribution in [1.29, 1.82) is 0 Å². The van der Waals surface area contributed by atoms with Gasteiger partial charge in [0, 0.05) is 5.41 Å². The van der Waals surface area contributed by atoms with Crippen molar-refractivity contribution in [2.45, 2.75) is 6.04 Å². The number of nitrogens with one attached hydrogen (secondary N) is 2. The highest BCUT2D eigenvalue weighted by atomic mass is 32.2. The molecule has 0 fully saturated rings. The lowest BCUT2D eigenvalue weighted by atomic mass is 10.3. The van der Waals surface area contributed by atoms with Crippen LogP contribution in [0.15, 0.2) is 11.5 Å². The summed E-state index contributed by atoms with van der Waals surface area (Å²) in [4.78, 5) is 20.5. The summed E-state index contributed by atoms with van der Waals surface area (Å²) in [6.45, 7) is 0. The SMILES string of the molecule is O=CNC(=O)NC1C=CS(=O)(=O)C1. The summed E-state index contributed by atoms with van der Waals surface area (Å²) in [5.41, 5.74) is 0. The molecule has 1 aliphatic heterocycles. The number of hydrogen-bond acceptors (Lipinski definition) is 4. The van der Waals surface area contributed by atoms with Crippen molar-refractivity contribution < 1.29 is 18.0 Å². The predicted molar refractivity (Wildman–Crippen MR) is 44.4 cm³/mol. The van der Waals surface area contributed by atoms with Gasteiger partial charge in [-0.15, -0.1) is 0 Å². The van der Waals surface area contributed by atoms with Crippen LogP contribution in [-0.2, 0) is 14.6 Å². The molecule has 7 heteroatoms. The minimum atomic E-state index is -3.17. The maximum absolute atomic E-state index is 10.9. The number of carbonyl (C=O) groups is 2. The zero-order chi connectivity index (χ0) is 9.90. The van der Waals surface area contributed by atoms with Gasteiger partial charge in [-0.05, 0) is 6.08 Å². The number of carbonyl (C=O) groups excluding carboxylic acids is 2. The van der Waals surface area contributed by atoms with E-state index in [4.69, 9.17) is 0 Å². The largest absolute Gasteiger partial charge is 0.331 e. The highest BCUT2D eigenvalue weighted by Gasteiger charge is 2.22. The average Bonchev–Trinajstić information content (AvgIpc) is 2.30. The molecular weight excluding hydrogens is 196 g/mol. The standard InChI is InChI=1S/C6H8N2O4S/c9-4-7-6(10)8-5-1-2-13(11,12)3-5/h1-2,4-5H,3H2,(H2,7,8,9,10). The van der Waals surface area contributed by atoms with Crippen molar-refractivity contribution in [2.24, 2.45) is 0 Å². The van der Waals surface area contributed by atoms with E-state index in [0.717, 1.165) is 5.41 Å². The summed E-state index contributed by atoms with van der Waals surface area (Å²) >= 11 is 0. The van der Waals surface area contributed by atoms with Crippen molar-refractivity contribution >= 4 is 22.3 Å². The maximum atomic E-state index is 10.9. The number of urea groups is 1. The first-order valence-corrected chi connectivity index (χ1v) is 5.17. The Morgan fingerprint density at radius 3 is 2.69 bits per heavy atom. The van der Waals surface area contributed by atoms with Crippen molar-refractivity contribution in [3.63, 3.8) is 0 Å². The van der Waals surface area contributed by atoms with E-state index in [1.54, 1.807) is 0 Å². The van der Waals surface area contributed by atoms with E-state index in [1.165, 1.54) is 6.08 Å². The molecule has 0 aromatic rings. The molecule has 1 heterocycles. The van der Waals surface area contributed by atoms with Crippen LogP contribution in [-0.4, -0.2) is 32.7 Å². The Labute approximate surface area is 74.9 Å². The number of amides is 3. The summed E-state index contributed by atoms with van der Waals surface area (Å²) in [7, 11) is -3.17. The van der Waals surface area contributed by atoms with Crippen molar-refractivity contribution in [2.75, 3.05) is 5.75 Å². The van der Waals surface area contributed by atoms with E-state index < -0.39 is 21.9 Å². The second kappa shape index (κ2) is 3.56. The third-order valence-electron chi connectivity index (χ3n) is 1.44. The Balaban J connectivity index is 2.46. The van der Waals surface area contributed by atoms with Crippen LogP contribution in [0.25, 0.3) is 0 Å². The fraction of sp³-hybridized carbons (Fsp3) is 0.333. The number of sulfone groups is 1. The highest BCUT2D eigenvalue weighted by Crippen LogP contribution is 2.07. The number of imide groups is 1. The van der Waals surface area contributed by atoms with Gasteiger partial charge >= 0.3 is 6.03 Å². The van der Waals surface area contributed by atoms with E-state index in [1.807, 2.05) is 5.32 Å². The molecule has 2 N–H and O–H groups in total. The zero-order valence-electron chi connectivity index (χ0n) is 6.56. The summed E-state index contributed by atoms with van der Waals surface area (Å²) in [5.74, 6) is -0.153. The molecule has 1 aliphatic rings. The lowest BCUT2D eigenvalue weighted by Crippen LogP contribution is -2.41. The molecule has 72 valence electrons. The smallest absolute Gasteiger partial charge is 0.321 e. The van der Waals surface area contributed by atoms with E-state index in [2.05, 4.69) is 5.32 Å². The van der Waals surface area contributed by atoms with Gasteiger partial charge in [-0.2, -0.15) is 0 Å². The van der Waals surface area contributed by atoms with Gasteiger partial charge in [0.2, 0.25) is 6.41 Å². The van der Waals surface area contributed by atoms with Crippen LogP contribution in [0.5, 0.6) is 0 Å². The van der Waals surface area contributed by atoms with Gasteiger partial charge in [0.05, 0.1) is 11.8 Å². The van der Waals surface area contributed by atoms with Crippen molar-refractivity contribution in [3.05, 3.63) is 11.5 Å². The molecule has 1 unspecified atom stereocenters. The van der Waals surface area contributed by atoms with E-state index in [0.29, 0.717) is 0 Å². The quantitative estimate of drug-likeness (QED) is 0.550. The van der Waals surface area contributed by atoms with Crippen LogP contribution in [0.1, 0.15) is 0 Å². The zero-order valence-corrected chi connectivity index (χ0v) is 7.37. The molecule has 13 heavy (non-hydrogen) atoms. The number of hydrogen-bond donors (Lipinski definition) is 2. The average molecular weight is 204 g/mol. The Hall–Kier alpha value is -1.37. The van der Waals surface area contributed by atoms with Gasteiger partial charge in [0.1, 0.15) is 0 Å². The van der Waals surface area contributed by atoms with Gasteiger partial charge in [-0.25, -0.2) is 13.2 Å². The maximum Gasteiger partial charge on any atom is 0.321 e. The normalized spacial score (nSPS) is 23.8. The van der Waals surface area contributed by atoms with E-state index in [9.17, 15) is 18.0 Å².